The minimum atomic E-state index is -2.48. The van der Waals surface area contributed by atoms with Gasteiger partial charge in [-0.3, -0.25) is 9.20 Å². The van der Waals surface area contributed by atoms with Crippen LogP contribution in [0.5, 0.6) is 0 Å². The predicted molar refractivity (Wildman–Crippen MR) is 117 cm³/mol. The fourth-order valence-corrected chi connectivity index (χ4v) is 3.52. The highest BCUT2D eigenvalue weighted by Crippen LogP contribution is 2.32. The van der Waals surface area contributed by atoms with Crippen LogP contribution in [0.4, 0.5) is 15.9 Å². The Labute approximate surface area is 182 Å². The summed E-state index contributed by atoms with van der Waals surface area (Å²) in [6, 6.07) is 10.1. The molecule has 2 heterocycles. The minimum Gasteiger partial charge on any atom is -0.382 e. The standard InChI is InChI=1S/C23H22FN5O2/c1-12-9-17(28-23(31)21(30)15-5-4-6-16(24)10-15)7-8-18(12)19-20-22(25)26-11-13(2)29(20)14(3)27-19/h4-11,21,30H,1-3H3,(H2,25,26)(H,28,31)/t21-/m1/s1/i3D3. The molecule has 0 unspecified atom stereocenters. The molecule has 0 aliphatic heterocycles. The van der Waals surface area contributed by atoms with Crippen molar-refractivity contribution in [3.8, 4) is 11.3 Å². The lowest BCUT2D eigenvalue weighted by atomic mass is 10.0. The number of nitrogens with one attached hydrogen (secondary N) is 1. The second-order valence-corrected chi connectivity index (χ2v) is 7.23. The molecule has 2 aromatic carbocycles. The maximum Gasteiger partial charge on any atom is 0.257 e. The first-order valence-corrected chi connectivity index (χ1v) is 9.47. The van der Waals surface area contributed by atoms with Gasteiger partial charge in [-0.2, -0.15) is 0 Å². The van der Waals surface area contributed by atoms with Gasteiger partial charge in [-0.05, 0) is 56.1 Å². The van der Waals surface area contributed by atoms with E-state index in [1.165, 1.54) is 28.8 Å². The van der Waals surface area contributed by atoms with Crippen LogP contribution in [-0.2, 0) is 4.79 Å². The Hall–Kier alpha value is -3.78. The van der Waals surface area contributed by atoms with Crippen molar-refractivity contribution < 1.29 is 18.4 Å². The number of halogens is 1. The van der Waals surface area contributed by atoms with E-state index in [1.807, 2.05) is 0 Å². The number of carbonyl (C=O) groups excluding carboxylic acids is 1. The molecule has 0 aliphatic rings. The zero-order valence-corrected chi connectivity index (χ0v) is 16.8. The molecule has 7 nitrogen and oxygen atoms in total. The molecule has 4 aromatic rings. The molecule has 0 saturated carbocycles. The Kier molecular flexibility index (Phi) is 4.27. The monoisotopic (exact) mass is 422 g/mol. The van der Waals surface area contributed by atoms with Crippen molar-refractivity contribution in [3.63, 3.8) is 0 Å². The third-order valence-electron chi connectivity index (χ3n) is 5.03. The molecule has 0 bridgehead atoms. The van der Waals surface area contributed by atoms with Crippen LogP contribution in [0.2, 0.25) is 0 Å². The van der Waals surface area contributed by atoms with Crippen LogP contribution in [0.15, 0.2) is 48.7 Å². The van der Waals surface area contributed by atoms with Gasteiger partial charge in [-0.1, -0.05) is 18.2 Å². The number of hydrogen-bond donors (Lipinski definition) is 3. The van der Waals surface area contributed by atoms with Crippen molar-refractivity contribution in [2.75, 3.05) is 11.1 Å². The summed E-state index contributed by atoms with van der Waals surface area (Å²) in [5, 5.41) is 12.9. The van der Waals surface area contributed by atoms with Gasteiger partial charge in [0.2, 0.25) is 0 Å². The van der Waals surface area contributed by atoms with Gasteiger partial charge in [0.1, 0.15) is 28.7 Å². The first-order chi connectivity index (χ1) is 16.0. The number of rotatable bonds is 4. The number of aryl methyl sites for hydroxylation is 3. The summed E-state index contributed by atoms with van der Waals surface area (Å²) >= 11 is 0. The highest BCUT2D eigenvalue weighted by molar-refractivity contribution is 5.95. The number of aliphatic hydroxyl groups excluding tert-OH is 1. The molecular formula is C23H22FN5O2. The zero-order valence-electron chi connectivity index (χ0n) is 19.8. The summed E-state index contributed by atoms with van der Waals surface area (Å²) in [5.74, 6) is -1.27. The van der Waals surface area contributed by atoms with Crippen molar-refractivity contribution in [2.45, 2.75) is 26.8 Å². The van der Waals surface area contributed by atoms with E-state index in [9.17, 15) is 14.3 Å². The Morgan fingerprint density at radius 2 is 2.10 bits per heavy atom. The van der Waals surface area contributed by atoms with E-state index in [0.717, 1.165) is 6.07 Å². The summed E-state index contributed by atoms with van der Waals surface area (Å²) < 4.78 is 38.5. The Bertz CT molecular complexity index is 1420. The average molecular weight is 422 g/mol. The van der Waals surface area contributed by atoms with Crippen molar-refractivity contribution >= 4 is 22.9 Å². The number of imidazole rings is 1. The van der Waals surface area contributed by atoms with Crippen LogP contribution in [0, 0.1) is 26.5 Å². The number of amides is 1. The lowest BCUT2D eigenvalue weighted by Crippen LogP contribution is -2.21. The highest BCUT2D eigenvalue weighted by Gasteiger charge is 2.20. The first kappa shape index (κ1) is 17.0. The molecule has 0 aliphatic carbocycles. The van der Waals surface area contributed by atoms with Crippen LogP contribution in [0.25, 0.3) is 16.8 Å². The van der Waals surface area contributed by atoms with Gasteiger partial charge in [0, 0.05) is 27.3 Å². The van der Waals surface area contributed by atoms with Gasteiger partial charge in [0.25, 0.3) is 5.91 Å². The van der Waals surface area contributed by atoms with Gasteiger partial charge in [-0.25, -0.2) is 14.4 Å². The van der Waals surface area contributed by atoms with Crippen molar-refractivity contribution in [1.29, 1.82) is 0 Å². The maximum absolute atomic E-state index is 13.4. The fraction of sp³-hybridized carbons (Fsp3) is 0.174. The smallest absolute Gasteiger partial charge is 0.257 e. The van der Waals surface area contributed by atoms with E-state index >= 15 is 0 Å². The molecule has 31 heavy (non-hydrogen) atoms. The topological polar surface area (TPSA) is 106 Å². The number of aliphatic hydroxyl groups is 1. The van der Waals surface area contributed by atoms with E-state index in [1.54, 1.807) is 32.0 Å². The lowest BCUT2D eigenvalue weighted by Gasteiger charge is -2.13. The maximum atomic E-state index is 13.4. The average Bonchev–Trinajstić information content (AvgIpc) is 3.18. The predicted octanol–water partition coefficient (Wildman–Crippen LogP) is 3.71. The van der Waals surface area contributed by atoms with E-state index < -0.39 is 24.7 Å². The summed E-state index contributed by atoms with van der Waals surface area (Å²) in [6.07, 6.45) is -0.0678. The Balaban J connectivity index is 1.71. The number of hydrogen-bond acceptors (Lipinski definition) is 5. The van der Waals surface area contributed by atoms with Crippen molar-refractivity contribution in [3.05, 3.63) is 77.1 Å². The number of benzene rings is 2. The van der Waals surface area contributed by atoms with E-state index in [4.69, 9.17) is 9.85 Å². The number of nitrogen functional groups attached to an aromatic ring is 1. The van der Waals surface area contributed by atoms with Crippen LogP contribution >= 0.6 is 0 Å². The number of nitrogens with zero attached hydrogens (tertiary/aromatic N) is 3. The molecule has 1 amide bonds. The summed E-state index contributed by atoms with van der Waals surface area (Å²) in [6.45, 7) is 1.01. The molecule has 1 atom stereocenters. The van der Waals surface area contributed by atoms with Gasteiger partial charge in [0.05, 0.1) is 0 Å². The molecule has 0 fully saturated rings. The van der Waals surface area contributed by atoms with Gasteiger partial charge in [-0.15, -0.1) is 0 Å². The largest absolute Gasteiger partial charge is 0.382 e. The van der Waals surface area contributed by atoms with Gasteiger partial charge >= 0.3 is 0 Å². The molecular weight excluding hydrogens is 397 g/mol. The van der Waals surface area contributed by atoms with E-state index in [-0.39, 0.29) is 17.2 Å². The molecule has 0 spiro atoms. The molecule has 0 saturated heterocycles. The molecule has 2 aromatic heterocycles. The van der Waals surface area contributed by atoms with E-state index in [0.29, 0.717) is 33.7 Å². The SMILES string of the molecule is [2H]C([2H])([2H])c1nc(-c2ccc(NC(=O)[C@H](O)c3cccc(F)c3)cc2C)c2c(N)ncc(C)n12. The van der Waals surface area contributed by atoms with Crippen LogP contribution in [0.3, 0.4) is 0 Å². The Morgan fingerprint density at radius 1 is 1.29 bits per heavy atom. The number of carbonyl (C=O) groups is 1. The van der Waals surface area contributed by atoms with Crippen LogP contribution in [-0.4, -0.2) is 25.4 Å². The van der Waals surface area contributed by atoms with Crippen molar-refractivity contribution in [1.82, 2.24) is 14.4 Å². The molecule has 158 valence electrons. The first-order valence-electron chi connectivity index (χ1n) is 11.0. The molecule has 8 heteroatoms. The molecule has 4 N–H and O–H groups in total. The second kappa shape index (κ2) is 7.81. The summed E-state index contributed by atoms with van der Waals surface area (Å²) in [5.41, 5.74) is 9.21. The normalized spacial score (nSPS) is 14.0. The lowest BCUT2D eigenvalue weighted by molar-refractivity contribution is -0.124. The minimum absolute atomic E-state index is 0.126. The number of anilines is 2. The van der Waals surface area contributed by atoms with Crippen molar-refractivity contribution in [2.24, 2.45) is 0 Å². The molecule has 4 rings (SSSR count). The third-order valence-corrected chi connectivity index (χ3v) is 5.03. The summed E-state index contributed by atoms with van der Waals surface area (Å²) in [7, 11) is 0. The quantitative estimate of drug-likeness (QED) is 0.465. The summed E-state index contributed by atoms with van der Waals surface area (Å²) in [4.78, 5) is 21.0. The highest BCUT2D eigenvalue weighted by atomic mass is 19.1. The second-order valence-electron chi connectivity index (χ2n) is 7.23. The van der Waals surface area contributed by atoms with Gasteiger partial charge < -0.3 is 16.2 Å². The zero-order chi connectivity index (χ0) is 24.8. The van der Waals surface area contributed by atoms with Gasteiger partial charge in [0.15, 0.2) is 6.10 Å². The number of fused-ring (bicyclic) bond motifs is 1. The van der Waals surface area contributed by atoms with Crippen LogP contribution < -0.4 is 11.1 Å². The number of aromatic nitrogens is 3. The van der Waals surface area contributed by atoms with E-state index in [2.05, 4.69) is 15.3 Å². The third kappa shape index (κ3) is 3.73. The Morgan fingerprint density at radius 3 is 2.81 bits per heavy atom. The number of nitrogens with two attached hydrogens (primary N) is 1. The molecule has 0 radical (unpaired) electrons. The fourth-order valence-electron chi connectivity index (χ4n) is 3.52. The van der Waals surface area contributed by atoms with Crippen LogP contribution in [0.1, 0.15) is 32.9 Å².